The number of carbonyl (C=O) groups is 2. The topological polar surface area (TPSA) is 57.6 Å². The molecule has 0 spiro atoms. The maximum atomic E-state index is 11.8. The summed E-state index contributed by atoms with van der Waals surface area (Å²) in [6, 6.07) is 5.88. The third-order valence-electron chi connectivity index (χ3n) is 3.10. The van der Waals surface area contributed by atoms with Crippen LogP contribution in [-0.2, 0) is 9.59 Å². The second-order valence-corrected chi connectivity index (χ2v) is 5.49. The van der Waals surface area contributed by atoms with Crippen LogP contribution in [0.5, 0.6) is 0 Å². The molecule has 0 saturated carbocycles. The molecule has 1 fully saturated rings. The Labute approximate surface area is 119 Å². The van der Waals surface area contributed by atoms with Crippen molar-refractivity contribution in [3.05, 3.63) is 39.9 Å². The molecular weight excluding hydrogens is 310 g/mol. The average molecular weight is 324 g/mol. The molecule has 1 heterocycles. The Morgan fingerprint density at radius 2 is 2.11 bits per heavy atom. The van der Waals surface area contributed by atoms with Gasteiger partial charge in [0, 0.05) is 23.6 Å². The molecule has 19 heavy (non-hydrogen) atoms. The van der Waals surface area contributed by atoms with Gasteiger partial charge in [0.2, 0.25) is 5.91 Å². The Morgan fingerprint density at radius 3 is 2.68 bits per heavy atom. The lowest BCUT2D eigenvalue weighted by Crippen LogP contribution is -2.52. The first-order valence-corrected chi connectivity index (χ1v) is 6.72. The first kappa shape index (κ1) is 13.8. The first-order chi connectivity index (χ1) is 8.97. The minimum atomic E-state index is -0.839. The summed E-state index contributed by atoms with van der Waals surface area (Å²) < 4.78 is 0.934. The predicted octanol–water partition coefficient (Wildman–Crippen LogP) is 2.31. The van der Waals surface area contributed by atoms with E-state index in [2.05, 4.69) is 15.9 Å². The van der Waals surface area contributed by atoms with Crippen LogP contribution in [0.25, 0.3) is 6.08 Å². The average Bonchev–Trinajstić information content (AvgIpc) is 2.25. The number of carbonyl (C=O) groups excluding carboxylic acids is 1. The molecule has 0 bridgehead atoms. The normalized spacial score (nSPS) is 15.6. The maximum absolute atomic E-state index is 11.8. The highest BCUT2D eigenvalue weighted by atomic mass is 79.9. The number of carboxylic acid groups (broad SMARTS) is 1. The summed E-state index contributed by atoms with van der Waals surface area (Å²) in [5.74, 6) is -1.40. The summed E-state index contributed by atoms with van der Waals surface area (Å²) >= 11 is 3.44. The highest BCUT2D eigenvalue weighted by molar-refractivity contribution is 9.10. The lowest BCUT2D eigenvalue weighted by atomic mass is 10.0. The quantitative estimate of drug-likeness (QED) is 0.868. The van der Waals surface area contributed by atoms with Crippen LogP contribution in [0.15, 0.2) is 28.7 Å². The molecule has 4 nitrogen and oxygen atoms in total. The molecule has 0 radical (unpaired) electrons. The molecule has 0 atom stereocenters. The minimum Gasteiger partial charge on any atom is -0.481 e. The molecule has 0 aromatic heterocycles. The van der Waals surface area contributed by atoms with Gasteiger partial charge in [-0.05, 0) is 30.2 Å². The molecule has 1 aromatic carbocycles. The molecule has 1 saturated heterocycles. The number of hydrogen-bond acceptors (Lipinski definition) is 2. The zero-order valence-corrected chi connectivity index (χ0v) is 12.1. The Kier molecular flexibility index (Phi) is 4.04. The van der Waals surface area contributed by atoms with Gasteiger partial charge in [0.25, 0.3) is 0 Å². The fraction of sp³-hybridized carbons (Fsp3) is 0.286. The Hall–Kier alpha value is -1.62. The van der Waals surface area contributed by atoms with Gasteiger partial charge in [-0.25, -0.2) is 0 Å². The number of amides is 1. The van der Waals surface area contributed by atoms with Gasteiger partial charge >= 0.3 is 5.97 Å². The molecule has 5 heteroatoms. The predicted molar refractivity (Wildman–Crippen MR) is 75.6 cm³/mol. The number of benzene rings is 1. The van der Waals surface area contributed by atoms with E-state index in [1.165, 1.54) is 11.0 Å². The minimum absolute atomic E-state index is 0.148. The lowest BCUT2D eigenvalue weighted by molar-refractivity contribution is -0.151. The van der Waals surface area contributed by atoms with E-state index in [1.807, 2.05) is 25.1 Å². The van der Waals surface area contributed by atoms with E-state index < -0.39 is 11.9 Å². The number of nitrogens with zero attached hydrogens (tertiary/aromatic N) is 1. The molecule has 1 aliphatic heterocycles. The molecule has 1 aromatic rings. The number of rotatable bonds is 3. The highest BCUT2D eigenvalue weighted by Crippen LogP contribution is 2.20. The van der Waals surface area contributed by atoms with Crippen LogP contribution in [0.3, 0.4) is 0 Å². The van der Waals surface area contributed by atoms with Crippen LogP contribution < -0.4 is 0 Å². The molecular formula is C14H14BrNO3. The van der Waals surface area contributed by atoms with Gasteiger partial charge < -0.3 is 10.0 Å². The van der Waals surface area contributed by atoms with Gasteiger partial charge in [0.15, 0.2) is 0 Å². The highest BCUT2D eigenvalue weighted by Gasteiger charge is 2.34. The van der Waals surface area contributed by atoms with Crippen LogP contribution in [0, 0.1) is 12.8 Å². The third kappa shape index (κ3) is 3.23. The van der Waals surface area contributed by atoms with Crippen molar-refractivity contribution >= 4 is 33.9 Å². The van der Waals surface area contributed by atoms with E-state index in [4.69, 9.17) is 5.11 Å². The number of aliphatic carboxylic acids is 1. The van der Waals surface area contributed by atoms with E-state index in [0.717, 1.165) is 15.6 Å². The molecule has 2 rings (SSSR count). The summed E-state index contributed by atoms with van der Waals surface area (Å²) in [6.07, 6.45) is 3.22. The molecule has 0 aliphatic carbocycles. The molecule has 1 amide bonds. The number of likely N-dealkylation sites (tertiary alicyclic amines) is 1. The van der Waals surface area contributed by atoms with Crippen LogP contribution in [0.4, 0.5) is 0 Å². The van der Waals surface area contributed by atoms with Crippen molar-refractivity contribution in [2.75, 3.05) is 13.1 Å². The number of aryl methyl sites for hydroxylation is 1. The standard InChI is InChI=1S/C14H14BrNO3/c1-9-2-3-10(12(15)6-9)4-5-13(17)16-7-11(8-16)14(18)19/h2-6,11H,7-8H2,1H3,(H,18,19). The van der Waals surface area contributed by atoms with Crippen LogP contribution in [0.2, 0.25) is 0 Å². The summed E-state index contributed by atoms with van der Waals surface area (Å²) in [7, 11) is 0. The van der Waals surface area contributed by atoms with Gasteiger partial charge in [-0.3, -0.25) is 9.59 Å². The van der Waals surface area contributed by atoms with E-state index in [9.17, 15) is 9.59 Å². The number of halogens is 1. The number of hydrogen-bond donors (Lipinski definition) is 1. The number of carboxylic acids is 1. The molecule has 0 unspecified atom stereocenters. The van der Waals surface area contributed by atoms with Gasteiger partial charge in [-0.15, -0.1) is 0 Å². The van der Waals surface area contributed by atoms with Crippen molar-refractivity contribution in [2.24, 2.45) is 5.92 Å². The largest absolute Gasteiger partial charge is 0.481 e. The third-order valence-corrected chi connectivity index (χ3v) is 3.79. The zero-order valence-electron chi connectivity index (χ0n) is 10.5. The van der Waals surface area contributed by atoms with Crippen molar-refractivity contribution < 1.29 is 14.7 Å². The monoisotopic (exact) mass is 323 g/mol. The maximum Gasteiger partial charge on any atom is 0.310 e. The van der Waals surface area contributed by atoms with Gasteiger partial charge in [-0.1, -0.05) is 28.1 Å². The summed E-state index contributed by atoms with van der Waals surface area (Å²) in [6.45, 7) is 2.59. The van der Waals surface area contributed by atoms with Crippen molar-refractivity contribution in [3.8, 4) is 0 Å². The van der Waals surface area contributed by atoms with Crippen LogP contribution >= 0.6 is 15.9 Å². The fourth-order valence-corrected chi connectivity index (χ4v) is 2.47. The van der Waals surface area contributed by atoms with Gasteiger partial charge in [0.05, 0.1) is 5.92 Å². The molecule has 1 N–H and O–H groups in total. The van der Waals surface area contributed by atoms with E-state index in [1.54, 1.807) is 6.08 Å². The van der Waals surface area contributed by atoms with Gasteiger partial charge in [-0.2, -0.15) is 0 Å². The van der Waals surface area contributed by atoms with Gasteiger partial charge in [0.1, 0.15) is 0 Å². The zero-order chi connectivity index (χ0) is 14.0. The Bertz CT molecular complexity index is 548. The first-order valence-electron chi connectivity index (χ1n) is 5.93. The molecule has 1 aliphatic rings. The molecule has 100 valence electrons. The summed E-state index contributed by atoms with van der Waals surface area (Å²) in [5.41, 5.74) is 2.07. The summed E-state index contributed by atoms with van der Waals surface area (Å²) in [4.78, 5) is 23.9. The van der Waals surface area contributed by atoms with Crippen molar-refractivity contribution in [3.63, 3.8) is 0 Å². The van der Waals surface area contributed by atoms with Crippen molar-refractivity contribution in [2.45, 2.75) is 6.92 Å². The van der Waals surface area contributed by atoms with E-state index >= 15 is 0 Å². The van der Waals surface area contributed by atoms with Crippen molar-refractivity contribution in [1.29, 1.82) is 0 Å². The lowest BCUT2D eigenvalue weighted by Gasteiger charge is -2.35. The van der Waals surface area contributed by atoms with Crippen LogP contribution in [0.1, 0.15) is 11.1 Å². The summed E-state index contributed by atoms with van der Waals surface area (Å²) in [5, 5.41) is 8.74. The van der Waals surface area contributed by atoms with Crippen LogP contribution in [-0.4, -0.2) is 35.0 Å². The Balaban J connectivity index is 1.96. The van der Waals surface area contributed by atoms with Crippen molar-refractivity contribution in [1.82, 2.24) is 4.90 Å². The second kappa shape index (κ2) is 5.57. The van der Waals surface area contributed by atoms with E-state index in [0.29, 0.717) is 13.1 Å². The smallest absolute Gasteiger partial charge is 0.310 e. The fourth-order valence-electron chi connectivity index (χ4n) is 1.85. The van der Waals surface area contributed by atoms with E-state index in [-0.39, 0.29) is 5.91 Å². The second-order valence-electron chi connectivity index (χ2n) is 4.64. The SMILES string of the molecule is Cc1ccc(C=CC(=O)N2CC(C(=O)O)C2)c(Br)c1. The Morgan fingerprint density at radius 1 is 1.42 bits per heavy atom.